The third-order valence-corrected chi connectivity index (χ3v) is 2.89. The number of ether oxygens (including phenoxy) is 1. The number of aromatic nitrogens is 1. The van der Waals surface area contributed by atoms with Crippen molar-refractivity contribution in [2.45, 2.75) is 0 Å². The third kappa shape index (κ3) is 1.85. The summed E-state index contributed by atoms with van der Waals surface area (Å²) >= 11 is 1.22. The van der Waals surface area contributed by atoms with Crippen molar-refractivity contribution in [1.29, 1.82) is 0 Å². The number of nitrogens with zero attached hydrogens (tertiary/aromatic N) is 2. The summed E-state index contributed by atoms with van der Waals surface area (Å²) in [6.45, 7) is 3.00. The normalized spacial score (nSPS) is 17.0. The van der Waals surface area contributed by atoms with Gasteiger partial charge in [-0.25, -0.2) is 4.79 Å². The lowest BCUT2D eigenvalue weighted by atomic mass is 10.4. The molecule has 0 radical (unpaired) electrons. The molecule has 0 spiro atoms. The molecule has 0 saturated carbocycles. The van der Waals surface area contributed by atoms with Crippen molar-refractivity contribution < 1.29 is 14.6 Å². The average molecular weight is 214 g/mol. The van der Waals surface area contributed by atoms with E-state index in [0.29, 0.717) is 13.2 Å². The lowest BCUT2D eigenvalue weighted by Gasteiger charge is -2.26. The van der Waals surface area contributed by atoms with E-state index < -0.39 is 5.97 Å². The summed E-state index contributed by atoms with van der Waals surface area (Å²) in [4.78, 5) is 12.7. The Labute approximate surface area is 85.1 Å². The zero-order valence-corrected chi connectivity index (χ0v) is 8.29. The van der Waals surface area contributed by atoms with E-state index in [2.05, 4.69) is 9.27 Å². The molecule has 1 aliphatic heterocycles. The zero-order valence-electron chi connectivity index (χ0n) is 7.47. The lowest BCUT2D eigenvalue weighted by molar-refractivity contribution is 0.0692. The van der Waals surface area contributed by atoms with Crippen LogP contribution in [0.5, 0.6) is 0 Å². The summed E-state index contributed by atoms with van der Waals surface area (Å²) in [5.74, 6) is -0.972. The molecule has 0 aromatic carbocycles. The van der Waals surface area contributed by atoms with Crippen LogP contribution in [0.1, 0.15) is 10.5 Å². The monoisotopic (exact) mass is 214 g/mol. The Morgan fingerprint density at radius 1 is 1.57 bits per heavy atom. The van der Waals surface area contributed by atoms with E-state index in [9.17, 15) is 4.79 Å². The number of hydrogen-bond acceptors (Lipinski definition) is 5. The third-order valence-electron chi connectivity index (χ3n) is 2.04. The first-order valence-electron chi connectivity index (χ1n) is 4.30. The minimum Gasteiger partial charge on any atom is -0.476 e. The largest absolute Gasteiger partial charge is 0.476 e. The van der Waals surface area contributed by atoms with E-state index in [-0.39, 0.29) is 5.69 Å². The van der Waals surface area contributed by atoms with Gasteiger partial charge in [0, 0.05) is 19.2 Å². The molecule has 76 valence electrons. The van der Waals surface area contributed by atoms with Crippen LogP contribution >= 0.6 is 11.5 Å². The molecule has 1 N–H and O–H groups in total. The van der Waals surface area contributed by atoms with Crippen molar-refractivity contribution in [2.24, 2.45) is 0 Å². The fraction of sp³-hybridized carbons (Fsp3) is 0.500. The minimum absolute atomic E-state index is 0.122. The van der Waals surface area contributed by atoms with Crippen LogP contribution in [-0.2, 0) is 4.74 Å². The molecule has 6 heteroatoms. The molecule has 2 heterocycles. The van der Waals surface area contributed by atoms with Gasteiger partial charge >= 0.3 is 5.97 Å². The van der Waals surface area contributed by atoms with Gasteiger partial charge in [0.25, 0.3) is 0 Å². The molecular weight excluding hydrogens is 204 g/mol. The summed E-state index contributed by atoms with van der Waals surface area (Å²) in [5, 5.41) is 9.61. The SMILES string of the molecule is O=C(O)c1cc(N2CCOCC2)sn1. The minimum atomic E-state index is -0.972. The van der Waals surface area contributed by atoms with Gasteiger partial charge in [0.05, 0.1) is 13.2 Å². The molecule has 1 fully saturated rings. The Morgan fingerprint density at radius 3 is 2.86 bits per heavy atom. The average Bonchev–Trinajstić information content (AvgIpc) is 2.68. The number of carbonyl (C=O) groups is 1. The van der Waals surface area contributed by atoms with E-state index in [0.717, 1.165) is 18.1 Å². The van der Waals surface area contributed by atoms with E-state index in [1.807, 2.05) is 0 Å². The molecule has 0 aliphatic carbocycles. The molecule has 0 unspecified atom stereocenters. The molecule has 0 amide bonds. The van der Waals surface area contributed by atoms with Crippen molar-refractivity contribution in [1.82, 2.24) is 4.37 Å². The molecule has 1 aromatic rings. The summed E-state index contributed by atoms with van der Waals surface area (Å²) < 4.78 is 9.05. The summed E-state index contributed by atoms with van der Waals surface area (Å²) in [6, 6.07) is 1.61. The molecular formula is C8H10N2O3S. The van der Waals surface area contributed by atoms with Gasteiger partial charge in [0.15, 0.2) is 5.69 Å². The van der Waals surface area contributed by atoms with Gasteiger partial charge in [-0.05, 0) is 11.5 Å². The van der Waals surface area contributed by atoms with E-state index >= 15 is 0 Å². The van der Waals surface area contributed by atoms with Crippen molar-refractivity contribution in [2.75, 3.05) is 31.2 Å². The van der Waals surface area contributed by atoms with E-state index in [1.165, 1.54) is 11.5 Å². The number of carboxylic acids is 1. The highest BCUT2D eigenvalue weighted by Gasteiger charge is 2.16. The maximum Gasteiger partial charge on any atom is 0.355 e. The molecule has 1 aromatic heterocycles. The molecule has 1 saturated heterocycles. The van der Waals surface area contributed by atoms with Crippen LogP contribution in [0.15, 0.2) is 6.07 Å². The molecule has 1 aliphatic rings. The Hall–Kier alpha value is -1.14. The fourth-order valence-corrected chi connectivity index (χ4v) is 2.08. The maximum atomic E-state index is 10.6. The number of aromatic carboxylic acids is 1. The van der Waals surface area contributed by atoms with Crippen LogP contribution < -0.4 is 4.90 Å². The van der Waals surface area contributed by atoms with E-state index in [1.54, 1.807) is 6.07 Å². The first-order valence-corrected chi connectivity index (χ1v) is 5.07. The van der Waals surface area contributed by atoms with Crippen LogP contribution in [0.4, 0.5) is 5.00 Å². The quantitative estimate of drug-likeness (QED) is 0.784. The van der Waals surface area contributed by atoms with Gasteiger partial charge in [-0.3, -0.25) is 0 Å². The predicted molar refractivity (Wildman–Crippen MR) is 52.1 cm³/mol. The molecule has 5 nitrogen and oxygen atoms in total. The first kappa shape index (κ1) is 9.42. The Morgan fingerprint density at radius 2 is 2.29 bits per heavy atom. The van der Waals surface area contributed by atoms with Gasteiger partial charge in [-0.1, -0.05) is 0 Å². The highest BCUT2D eigenvalue weighted by atomic mass is 32.1. The second-order valence-electron chi connectivity index (χ2n) is 2.95. The first-order chi connectivity index (χ1) is 6.77. The maximum absolute atomic E-state index is 10.6. The van der Waals surface area contributed by atoms with Gasteiger partial charge in [0.1, 0.15) is 5.00 Å². The lowest BCUT2D eigenvalue weighted by Crippen LogP contribution is -2.35. The van der Waals surface area contributed by atoms with Crippen molar-refractivity contribution in [3.05, 3.63) is 11.8 Å². The zero-order chi connectivity index (χ0) is 9.97. The highest BCUT2D eigenvalue weighted by Crippen LogP contribution is 2.22. The summed E-state index contributed by atoms with van der Waals surface area (Å²) in [5.41, 5.74) is 0.122. The van der Waals surface area contributed by atoms with Crippen LogP contribution in [0, 0.1) is 0 Å². The standard InChI is InChI=1S/C8H10N2O3S/c11-8(12)6-5-7(14-9-6)10-1-3-13-4-2-10/h5H,1-4H2,(H,11,12). The van der Waals surface area contributed by atoms with Gasteiger partial charge in [0.2, 0.25) is 0 Å². The highest BCUT2D eigenvalue weighted by molar-refractivity contribution is 7.10. The molecule has 0 bridgehead atoms. The molecule has 14 heavy (non-hydrogen) atoms. The second-order valence-corrected chi connectivity index (χ2v) is 3.74. The Kier molecular flexibility index (Phi) is 2.64. The topological polar surface area (TPSA) is 62.7 Å². The van der Waals surface area contributed by atoms with Crippen molar-refractivity contribution in [3.8, 4) is 0 Å². The van der Waals surface area contributed by atoms with E-state index in [4.69, 9.17) is 9.84 Å². The number of carboxylic acid groups (broad SMARTS) is 1. The van der Waals surface area contributed by atoms with Crippen molar-refractivity contribution >= 4 is 22.5 Å². The number of morpholine rings is 1. The fourth-order valence-electron chi connectivity index (χ4n) is 1.30. The smallest absolute Gasteiger partial charge is 0.355 e. The van der Waals surface area contributed by atoms with Crippen LogP contribution in [0.25, 0.3) is 0 Å². The molecule has 0 atom stereocenters. The molecule has 2 rings (SSSR count). The Balaban J connectivity index is 2.11. The summed E-state index contributed by atoms with van der Waals surface area (Å²) in [6.07, 6.45) is 0. The number of rotatable bonds is 2. The Bertz CT molecular complexity index is 333. The van der Waals surface area contributed by atoms with Gasteiger partial charge in [-0.15, -0.1) is 0 Å². The van der Waals surface area contributed by atoms with Gasteiger partial charge < -0.3 is 14.7 Å². The van der Waals surface area contributed by atoms with Crippen LogP contribution in [0.3, 0.4) is 0 Å². The number of hydrogen-bond donors (Lipinski definition) is 1. The van der Waals surface area contributed by atoms with Crippen LogP contribution in [-0.4, -0.2) is 41.8 Å². The van der Waals surface area contributed by atoms with Crippen LogP contribution in [0.2, 0.25) is 0 Å². The van der Waals surface area contributed by atoms with Crippen molar-refractivity contribution in [3.63, 3.8) is 0 Å². The predicted octanol–water partition coefficient (Wildman–Crippen LogP) is 0.678. The summed E-state index contributed by atoms with van der Waals surface area (Å²) in [7, 11) is 0. The second kappa shape index (κ2) is 3.93. The van der Waals surface area contributed by atoms with Gasteiger partial charge in [-0.2, -0.15) is 4.37 Å². The number of anilines is 1.